The molecule has 0 aliphatic carbocycles. The van der Waals surface area contributed by atoms with E-state index in [1.807, 2.05) is 51.1 Å². The molecule has 3 rings (SSSR count). The summed E-state index contributed by atoms with van der Waals surface area (Å²) < 4.78 is 28.7. The van der Waals surface area contributed by atoms with Gasteiger partial charge in [0.25, 0.3) is 5.91 Å². The molecule has 1 aromatic heterocycles. The van der Waals surface area contributed by atoms with E-state index in [1.54, 1.807) is 17.8 Å². The van der Waals surface area contributed by atoms with Gasteiger partial charge in [0, 0.05) is 31.3 Å². The van der Waals surface area contributed by atoms with Crippen molar-refractivity contribution in [2.45, 2.75) is 38.3 Å². The van der Waals surface area contributed by atoms with Crippen molar-refractivity contribution in [2.75, 3.05) is 12.4 Å². The highest BCUT2D eigenvalue weighted by atomic mass is 32.2. The fourth-order valence-corrected chi connectivity index (χ4v) is 4.23. The Labute approximate surface area is 177 Å². The first-order chi connectivity index (χ1) is 14.2. The van der Waals surface area contributed by atoms with Crippen molar-refractivity contribution >= 4 is 21.7 Å². The van der Waals surface area contributed by atoms with Crippen LogP contribution in [-0.2, 0) is 16.6 Å². The number of anilines is 1. The van der Waals surface area contributed by atoms with E-state index in [0.717, 1.165) is 11.3 Å². The molecule has 158 valence electrons. The van der Waals surface area contributed by atoms with Crippen molar-refractivity contribution in [3.05, 3.63) is 77.5 Å². The first kappa shape index (κ1) is 21.7. The van der Waals surface area contributed by atoms with E-state index in [0.29, 0.717) is 11.4 Å². The Bertz CT molecular complexity index is 1120. The summed E-state index contributed by atoms with van der Waals surface area (Å²) >= 11 is 0. The molecule has 0 fully saturated rings. The molecule has 0 spiro atoms. The molecule has 0 aliphatic heterocycles. The van der Waals surface area contributed by atoms with E-state index in [9.17, 15) is 13.2 Å². The number of aromatic nitrogens is 2. The highest BCUT2D eigenvalue weighted by molar-refractivity contribution is 7.89. The van der Waals surface area contributed by atoms with Crippen molar-refractivity contribution in [2.24, 2.45) is 0 Å². The molecule has 0 saturated carbocycles. The summed E-state index contributed by atoms with van der Waals surface area (Å²) in [7, 11) is -2.13. The summed E-state index contributed by atoms with van der Waals surface area (Å²) in [6, 6.07) is 17.2. The summed E-state index contributed by atoms with van der Waals surface area (Å²) in [5.74, 6) is 0.283. The van der Waals surface area contributed by atoms with Crippen LogP contribution in [0.25, 0.3) is 0 Å². The Morgan fingerprint density at radius 3 is 2.33 bits per heavy atom. The van der Waals surface area contributed by atoms with Crippen LogP contribution in [0.1, 0.15) is 41.5 Å². The van der Waals surface area contributed by atoms with Crippen LogP contribution in [0, 0.1) is 6.92 Å². The third-order valence-electron chi connectivity index (χ3n) is 4.66. The number of rotatable bonds is 7. The van der Waals surface area contributed by atoms with E-state index in [-0.39, 0.29) is 23.4 Å². The minimum atomic E-state index is -3.67. The third-order valence-corrected chi connectivity index (χ3v) is 6.48. The van der Waals surface area contributed by atoms with E-state index in [4.69, 9.17) is 0 Å². The van der Waals surface area contributed by atoms with E-state index >= 15 is 0 Å². The molecular weight excluding hydrogens is 400 g/mol. The molecule has 0 unspecified atom stereocenters. The van der Waals surface area contributed by atoms with E-state index < -0.39 is 10.0 Å². The SMILES string of the molecule is Cc1cc(NC(=O)c2ccc(S(=O)(=O)N(C)Cc3ccccc3)cc2)n(C(C)C)n1. The third kappa shape index (κ3) is 4.77. The predicted molar refractivity (Wildman–Crippen MR) is 117 cm³/mol. The van der Waals surface area contributed by atoms with Gasteiger partial charge in [-0.3, -0.25) is 4.79 Å². The van der Waals surface area contributed by atoms with Crippen LogP contribution < -0.4 is 5.32 Å². The van der Waals surface area contributed by atoms with Gasteiger partial charge >= 0.3 is 0 Å². The Morgan fingerprint density at radius 2 is 1.73 bits per heavy atom. The number of carbonyl (C=O) groups excluding carboxylic acids is 1. The smallest absolute Gasteiger partial charge is 0.256 e. The molecule has 7 nitrogen and oxygen atoms in total. The number of amides is 1. The van der Waals surface area contributed by atoms with Gasteiger partial charge in [-0.25, -0.2) is 13.1 Å². The molecule has 0 atom stereocenters. The number of aryl methyl sites for hydroxylation is 1. The number of hydrogen-bond acceptors (Lipinski definition) is 4. The second-order valence-electron chi connectivity index (χ2n) is 7.43. The number of nitrogens with zero attached hydrogens (tertiary/aromatic N) is 3. The van der Waals surface area contributed by atoms with Gasteiger partial charge in [-0.15, -0.1) is 0 Å². The monoisotopic (exact) mass is 426 g/mol. The maximum atomic E-state index is 12.8. The average Bonchev–Trinajstić information content (AvgIpc) is 3.09. The van der Waals surface area contributed by atoms with Crippen molar-refractivity contribution < 1.29 is 13.2 Å². The number of hydrogen-bond donors (Lipinski definition) is 1. The normalized spacial score (nSPS) is 11.8. The highest BCUT2D eigenvalue weighted by Gasteiger charge is 2.21. The number of sulfonamides is 1. The standard InChI is InChI=1S/C22H26N4O3S/c1-16(2)26-21(14-17(3)24-26)23-22(27)19-10-12-20(13-11-19)30(28,29)25(4)15-18-8-6-5-7-9-18/h5-14,16H,15H2,1-4H3,(H,23,27). The number of carbonyl (C=O) groups is 1. The molecule has 1 amide bonds. The maximum Gasteiger partial charge on any atom is 0.256 e. The Kier molecular flexibility index (Phi) is 6.38. The molecule has 1 heterocycles. The van der Waals surface area contributed by atoms with Crippen molar-refractivity contribution in [1.29, 1.82) is 0 Å². The Hall–Kier alpha value is -2.97. The van der Waals surface area contributed by atoms with Gasteiger partial charge < -0.3 is 5.32 Å². The zero-order valence-electron chi connectivity index (χ0n) is 17.5. The van der Waals surface area contributed by atoms with Crippen molar-refractivity contribution in [3.8, 4) is 0 Å². The molecular formula is C22H26N4O3S. The van der Waals surface area contributed by atoms with Crippen LogP contribution in [-0.4, -0.2) is 35.5 Å². The molecule has 30 heavy (non-hydrogen) atoms. The van der Waals surface area contributed by atoms with Gasteiger partial charge in [0.1, 0.15) is 5.82 Å². The molecule has 3 aromatic rings. The van der Waals surface area contributed by atoms with Crippen LogP contribution in [0.3, 0.4) is 0 Å². The predicted octanol–water partition coefficient (Wildman–Crippen LogP) is 3.85. The van der Waals surface area contributed by atoms with Gasteiger partial charge in [-0.2, -0.15) is 9.40 Å². The van der Waals surface area contributed by atoms with Crippen LogP contribution >= 0.6 is 0 Å². The fraction of sp³-hybridized carbons (Fsp3) is 0.273. The Morgan fingerprint density at radius 1 is 1.10 bits per heavy atom. The average molecular weight is 427 g/mol. The topological polar surface area (TPSA) is 84.3 Å². The molecule has 0 saturated heterocycles. The minimum absolute atomic E-state index is 0.0988. The maximum absolute atomic E-state index is 12.8. The zero-order chi connectivity index (χ0) is 21.9. The van der Waals surface area contributed by atoms with Crippen LogP contribution in [0.2, 0.25) is 0 Å². The fourth-order valence-electron chi connectivity index (χ4n) is 3.08. The van der Waals surface area contributed by atoms with E-state index in [2.05, 4.69) is 10.4 Å². The molecule has 0 aliphatic rings. The van der Waals surface area contributed by atoms with Crippen LogP contribution in [0.15, 0.2) is 65.6 Å². The Balaban J connectivity index is 1.74. The first-order valence-corrected chi connectivity index (χ1v) is 11.1. The molecule has 0 bridgehead atoms. The quantitative estimate of drug-likeness (QED) is 0.622. The lowest BCUT2D eigenvalue weighted by Gasteiger charge is -2.17. The lowest BCUT2D eigenvalue weighted by Crippen LogP contribution is -2.26. The largest absolute Gasteiger partial charge is 0.307 e. The van der Waals surface area contributed by atoms with Gasteiger partial charge in [0.05, 0.1) is 10.6 Å². The minimum Gasteiger partial charge on any atom is -0.307 e. The summed E-state index contributed by atoms with van der Waals surface area (Å²) in [5.41, 5.74) is 2.08. The summed E-state index contributed by atoms with van der Waals surface area (Å²) in [4.78, 5) is 12.8. The molecule has 8 heteroatoms. The zero-order valence-corrected chi connectivity index (χ0v) is 18.3. The van der Waals surface area contributed by atoms with Gasteiger partial charge in [-0.1, -0.05) is 30.3 Å². The second kappa shape index (κ2) is 8.81. The molecule has 0 radical (unpaired) electrons. The van der Waals surface area contributed by atoms with Crippen LogP contribution in [0.5, 0.6) is 0 Å². The summed E-state index contributed by atoms with van der Waals surface area (Å²) in [5, 5.41) is 7.22. The first-order valence-electron chi connectivity index (χ1n) is 9.66. The van der Waals surface area contributed by atoms with Crippen LogP contribution in [0.4, 0.5) is 5.82 Å². The number of benzene rings is 2. The molecule has 1 N–H and O–H groups in total. The molecule has 2 aromatic carbocycles. The highest BCUT2D eigenvalue weighted by Crippen LogP contribution is 2.20. The summed E-state index contributed by atoms with van der Waals surface area (Å²) in [6.45, 7) is 6.09. The van der Waals surface area contributed by atoms with Gasteiger partial charge in [0.2, 0.25) is 10.0 Å². The van der Waals surface area contributed by atoms with Crippen molar-refractivity contribution in [1.82, 2.24) is 14.1 Å². The second-order valence-corrected chi connectivity index (χ2v) is 9.48. The van der Waals surface area contributed by atoms with Gasteiger partial charge in [0.15, 0.2) is 0 Å². The lowest BCUT2D eigenvalue weighted by molar-refractivity contribution is 0.102. The number of nitrogens with one attached hydrogen (secondary N) is 1. The van der Waals surface area contributed by atoms with Gasteiger partial charge in [-0.05, 0) is 50.6 Å². The van der Waals surface area contributed by atoms with Crippen molar-refractivity contribution in [3.63, 3.8) is 0 Å². The summed E-state index contributed by atoms with van der Waals surface area (Å²) in [6.07, 6.45) is 0. The lowest BCUT2D eigenvalue weighted by atomic mass is 10.2. The van der Waals surface area contributed by atoms with E-state index in [1.165, 1.54) is 28.6 Å².